The monoisotopic (exact) mass is 352 g/mol. The van der Waals surface area contributed by atoms with Gasteiger partial charge in [0.25, 0.3) is 5.91 Å². The molecule has 0 unspecified atom stereocenters. The quantitative estimate of drug-likeness (QED) is 0.835. The maximum absolute atomic E-state index is 12.2. The number of thiazole rings is 1. The number of benzene rings is 1. The number of aryl methyl sites for hydroxylation is 1. The predicted molar refractivity (Wildman–Crippen MR) is 89.0 cm³/mol. The van der Waals surface area contributed by atoms with Crippen molar-refractivity contribution in [3.63, 3.8) is 0 Å². The zero-order valence-electron chi connectivity index (χ0n) is 12.9. The van der Waals surface area contributed by atoms with E-state index in [1.54, 1.807) is 13.8 Å². The van der Waals surface area contributed by atoms with Crippen molar-refractivity contribution < 1.29 is 18.0 Å². The lowest BCUT2D eigenvalue weighted by Gasteiger charge is -2.04. The first-order valence-corrected chi connectivity index (χ1v) is 9.34. The van der Waals surface area contributed by atoms with Crippen LogP contribution < -0.4 is 5.32 Å². The van der Waals surface area contributed by atoms with E-state index < -0.39 is 15.7 Å². The van der Waals surface area contributed by atoms with E-state index in [0.29, 0.717) is 21.3 Å². The number of carbonyl (C=O) groups is 2. The topological polar surface area (TPSA) is 93.2 Å². The van der Waals surface area contributed by atoms with Gasteiger partial charge in [0.2, 0.25) is 0 Å². The molecule has 0 aliphatic rings. The standard InChI is InChI=1S/C15H16N2O4S2/c1-4-23(20,21)12-7-5-11(6-8-12)14(19)17-15-16-9(2)13(22-15)10(3)18/h5-8H,4H2,1-3H3,(H,16,17,19). The maximum Gasteiger partial charge on any atom is 0.257 e. The smallest absolute Gasteiger partial charge is 0.257 e. The average molecular weight is 352 g/mol. The Morgan fingerprint density at radius 1 is 1.22 bits per heavy atom. The third kappa shape index (κ3) is 3.83. The van der Waals surface area contributed by atoms with Gasteiger partial charge in [-0.1, -0.05) is 18.3 Å². The molecule has 0 fully saturated rings. The van der Waals surface area contributed by atoms with Crippen molar-refractivity contribution in [2.75, 3.05) is 11.1 Å². The minimum atomic E-state index is -3.29. The van der Waals surface area contributed by atoms with Gasteiger partial charge in [0, 0.05) is 12.5 Å². The van der Waals surface area contributed by atoms with Gasteiger partial charge in [0.1, 0.15) is 0 Å². The van der Waals surface area contributed by atoms with E-state index in [1.807, 2.05) is 0 Å². The summed E-state index contributed by atoms with van der Waals surface area (Å²) in [6.07, 6.45) is 0. The molecule has 0 saturated heterocycles. The molecule has 0 aliphatic carbocycles. The molecule has 2 rings (SSSR count). The molecule has 0 spiro atoms. The molecule has 1 aromatic heterocycles. The van der Waals surface area contributed by atoms with Crippen LogP contribution >= 0.6 is 11.3 Å². The number of nitrogens with one attached hydrogen (secondary N) is 1. The molecule has 2 aromatic rings. The number of anilines is 1. The number of carbonyl (C=O) groups excluding carboxylic acids is 2. The minimum absolute atomic E-state index is 0.00472. The summed E-state index contributed by atoms with van der Waals surface area (Å²) in [4.78, 5) is 28.4. The van der Waals surface area contributed by atoms with Crippen LogP contribution in [0.4, 0.5) is 5.13 Å². The Labute approximate surface area is 138 Å². The third-order valence-electron chi connectivity index (χ3n) is 3.19. The van der Waals surface area contributed by atoms with Crippen molar-refractivity contribution in [1.82, 2.24) is 4.98 Å². The second-order valence-corrected chi connectivity index (χ2v) is 8.15. The number of ketones is 1. The fourth-order valence-corrected chi connectivity index (χ4v) is 3.67. The number of sulfone groups is 1. The molecular formula is C15H16N2O4S2. The molecule has 1 amide bonds. The predicted octanol–water partition coefficient (Wildman–Crippen LogP) is 2.70. The lowest BCUT2D eigenvalue weighted by Crippen LogP contribution is -2.12. The second-order valence-electron chi connectivity index (χ2n) is 4.87. The largest absolute Gasteiger partial charge is 0.298 e. The molecule has 8 heteroatoms. The highest BCUT2D eigenvalue weighted by molar-refractivity contribution is 7.91. The number of Topliss-reactive ketones (excluding diaryl/α,β-unsaturated/α-hetero) is 1. The zero-order valence-corrected chi connectivity index (χ0v) is 14.5. The van der Waals surface area contributed by atoms with E-state index >= 15 is 0 Å². The summed E-state index contributed by atoms with van der Waals surface area (Å²) in [6.45, 7) is 4.71. The number of amides is 1. The van der Waals surface area contributed by atoms with E-state index in [-0.39, 0.29) is 16.4 Å². The molecule has 6 nitrogen and oxygen atoms in total. The summed E-state index contributed by atoms with van der Waals surface area (Å²) >= 11 is 1.11. The number of rotatable bonds is 5. The van der Waals surface area contributed by atoms with E-state index in [9.17, 15) is 18.0 Å². The SMILES string of the molecule is CCS(=O)(=O)c1ccc(C(=O)Nc2nc(C)c(C(C)=O)s2)cc1. The zero-order chi connectivity index (χ0) is 17.2. The molecule has 0 aliphatic heterocycles. The summed E-state index contributed by atoms with van der Waals surface area (Å²) < 4.78 is 23.5. The summed E-state index contributed by atoms with van der Waals surface area (Å²) in [5.74, 6) is -0.506. The Morgan fingerprint density at radius 2 is 1.83 bits per heavy atom. The van der Waals surface area contributed by atoms with Gasteiger partial charge in [-0.25, -0.2) is 13.4 Å². The van der Waals surface area contributed by atoms with Crippen molar-refractivity contribution in [3.05, 3.63) is 40.4 Å². The Morgan fingerprint density at radius 3 is 2.30 bits per heavy atom. The first-order valence-electron chi connectivity index (χ1n) is 6.87. The molecule has 122 valence electrons. The highest BCUT2D eigenvalue weighted by atomic mass is 32.2. The van der Waals surface area contributed by atoms with Crippen LogP contribution in [-0.2, 0) is 9.84 Å². The van der Waals surface area contributed by atoms with Crippen molar-refractivity contribution in [3.8, 4) is 0 Å². The minimum Gasteiger partial charge on any atom is -0.298 e. The molecule has 1 N–H and O–H groups in total. The molecule has 1 aromatic carbocycles. The summed E-state index contributed by atoms with van der Waals surface area (Å²) in [5, 5.41) is 2.95. The van der Waals surface area contributed by atoms with Crippen LogP contribution in [0.15, 0.2) is 29.2 Å². The Hall–Kier alpha value is -2.06. The maximum atomic E-state index is 12.2. The van der Waals surface area contributed by atoms with E-state index in [0.717, 1.165) is 11.3 Å². The van der Waals surface area contributed by atoms with Crippen LogP contribution in [0, 0.1) is 6.92 Å². The van der Waals surface area contributed by atoms with Crippen molar-refractivity contribution in [1.29, 1.82) is 0 Å². The molecule has 0 atom stereocenters. The van der Waals surface area contributed by atoms with Gasteiger partial charge in [-0.3, -0.25) is 14.9 Å². The summed E-state index contributed by atoms with van der Waals surface area (Å²) in [6, 6.07) is 5.71. The van der Waals surface area contributed by atoms with Gasteiger partial charge in [0.15, 0.2) is 20.8 Å². The van der Waals surface area contributed by atoms with Crippen molar-refractivity contribution >= 4 is 38.0 Å². The van der Waals surface area contributed by atoms with E-state index in [2.05, 4.69) is 10.3 Å². The molecule has 0 bridgehead atoms. The first-order chi connectivity index (χ1) is 10.7. The second kappa shape index (κ2) is 6.59. The summed E-state index contributed by atoms with van der Waals surface area (Å²) in [5.41, 5.74) is 0.888. The van der Waals surface area contributed by atoms with Gasteiger partial charge >= 0.3 is 0 Å². The van der Waals surface area contributed by atoms with Gasteiger partial charge in [0.05, 0.1) is 21.2 Å². The average Bonchev–Trinajstić information content (AvgIpc) is 2.88. The van der Waals surface area contributed by atoms with Gasteiger partial charge in [-0.05, 0) is 31.2 Å². The van der Waals surface area contributed by atoms with Gasteiger partial charge < -0.3 is 0 Å². The van der Waals surface area contributed by atoms with E-state index in [4.69, 9.17) is 0 Å². The van der Waals surface area contributed by atoms with Crippen molar-refractivity contribution in [2.24, 2.45) is 0 Å². The number of aromatic nitrogens is 1. The lowest BCUT2D eigenvalue weighted by atomic mass is 10.2. The lowest BCUT2D eigenvalue weighted by molar-refractivity contribution is 0.101. The molecule has 0 saturated carbocycles. The Kier molecular flexibility index (Phi) is 4.96. The molecule has 1 heterocycles. The highest BCUT2D eigenvalue weighted by Crippen LogP contribution is 2.23. The van der Waals surface area contributed by atoms with Crippen molar-refractivity contribution in [2.45, 2.75) is 25.7 Å². The molecular weight excluding hydrogens is 336 g/mol. The highest BCUT2D eigenvalue weighted by Gasteiger charge is 2.16. The summed E-state index contributed by atoms with van der Waals surface area (Å²) in [7, 11) is -3.29. The van der Waals surface area contributed by atoms with Gasteiger partial charge in [-0.15, -0.1) is 0 Å². The van der Waals surface area contributed by atoms with Crippen LogP contribution in [-0.4, -0.2) is 30.8 Å². The van der Waals surface area contributed by atoms with Crippen LogP contribution in [0.1, 0.15) is 39.6 Å². The third-order valence-corrected chi connectivity index (χ3v) is 6.12. The normalized spacial score (nSPS) is 11.3. The molecule has 0 radical (unpaired) electrons. The van der Waals surface area contributed by atoms with Crippen LogP contribution in [0.2, 0.25) is 0 Å². The van der Waals surface area contributed by atoms with Crippen LogP contribution in [0.5, 0.6) is 0 Å². The molecule has 23 heavy (non-hydrogen) atoms. The number of hydrogen-bond donors (Lipinski definition) is 1. The first kappa shape index (κ1) is 17.3. The van der Waals surface area contributed by atoms with E-state index in [1.165, 1.54) is 31.2 Å². The Balaban J connectivity index is 2.18. The van der Waals surface area contributed by atoms with Crippen LogP contribution in [0.25, 0.3) is 0 Å². The fraction of sp³-hybridized carbons (Fsp3) is 0.267. The van der Waals surface area contributed by atoms with Gasteiger partial charge in [-0.2, -0.15) is 0 Å². The Bertz CT molecular complexity index is 852. The fourth-order valence-electron chi connectivity index (χ4n) is 1.93. The number of hydrogen-bond acceptors (Lipinski definition) is 6. The van der Waals surface area contributed by atoms with Crippen LogP contribution in [0.3, 0.4) is 0 Å². The number of nitrogens with zero attached hydrogens (tertiary/aromatic N) is 1.